The van der Waals surface area contributed by atoms with Gasteiger partial charge in [-0.2, -0.15) is 0 Å². The third kappa shape index (κ3) is 6.32. The van der Waals surface area contributed by atoms with E-state index in [1.165, 1.54) is 0 Å². The molecule has 1 aromatic carbocycles. The first-order valence-corrected chi connectivity index (χ1v) is 8.67. The second-order valence-electron chi connectivity index (χ2n) is 6.70. The van der Waals surface area contributed by atoms with Crippen molar-refractivity contribution in [2.45, 2.75) is 58.4 Å². The third-order valence-corrected chi connectivity index (χ3v) is 4.10. The van der Waals surface area contributed by atoms with Crippen LogP contribution in [0.25, 0.3) is 0 Å². The molecule has 0 saturated heterocycles. The molecule has 1 aromatic rings. The van der Waals surface area contributed by atoms with Crippen molar-refractivity contribution in [1.82, 2.24) is 5.32 Å². The number of unbranched alkanes of at least 4 members (excludes halogenated alkanes) is 1. The van der Waals surface area contributed by atoms with Crippen molar-refractivity contribution in [2.75, 3.05) is 6.54 Å². The summed E-state index contributed by atoms with van der Waals surface area (Å²) < 4.78 is 0. The minimum absolute atomic E-state index is 0.244. The molecule has 134 valence electrons. The van der Waals surface area contributed by atoms with Gasteiger partial charge in [-0.3, -0.25) is 4.79 Å². The molecule has 0 saturated carbocycles. The molecule has 0 aliphatic carbocycles. The van der Waals surface area contributed by atoms with Crippen molar-refractivity contribution in [2.24, 2.45) is 11.7 Å². The lowest BCUT2D eigenvalue weighted by Crippen LogP contribution is -2.42. The molecule has 5 nitrogen and oxygen atoms in total. The number of benzene rings is 1. The van der Waals surface area contributed by atoms with Crippen LogP contribution >= 0.6 is 0 Å². The van der Waals surface area contributed by atoms with Gasteiger partial charge in [0, 0.05) is 0 Å². The Morgan fingerprint density at radius 1 is 1.17 bits per heavy atom. The third-order valence-electron chi connectivity index (χ3n) is 4.10. The van der Waals surface area contributed by atoms with Crippen LogP contribution in [0, 0.1) is 5.92 Å². The number of hydrogen-bond acceptors (Lipinski definition) is 3. The zero-order chi connectivity index (χ0) is 18.1. The van der Waals surface area contributed by atoms with Crippen molar-refractivity contribution in [3.8, 4) is 0 Å². The van der Waals surface area contributed by atoms with E-state index in [1.54, 1.807) is 0 Å². The van der Waals surface area contributed by atoms with Crippen LogP contribution in [0.1, 0.15) is 57.1 Å². The number of carbonyl (C=O) groups excluding carboxylic acids is 1. The average Bonchev–Trinajstić information content (AvgIpc) is 2.53. The number of aliphatic carboxylic acids is 1. The van der Waals surface area contributed by atoms with Crippen LogP contribution in [0.2, 0.25) is 0 Å². The summed E-state index contributed by atoms with van der Waals surface area (Å²) >= 11 is 0. The van der Waals surface area contributed by atoms with Crippen molar-refractivity contribution in [1.29, 1.82) is 0 Å². The van der Waals surface area contributed by atoms with Crippen LogP contribution in [-0.2, 0) is 16.0 Å². The van der Waals surface area contributed by atoms with Gasteiger partial charge in [0.25, 0.3) is 0 Å². The molecule has 0 aromatic heterocycles. The number of amides is 1. The van der Waals surface area contributed by atoms with Gasteiger partial charge in [0.15, 0.2) is 0 Å². The van der Waals surface area contributed by atoms with E-state index in [9.17, 15) is 14.7 Å². The number of nitrogens with one attached hydrogen (secondary N) is 1. The van der Waals surface area contributed by atoms with Gasteiger partial charge in [-0.25, -0.2) is 4.79 Å². The Morgan fingerprint density at radius 3 is 2.42 bits per heavy atom. The molecule has 0 aliphatic rings. The van der Waals surface area contributed by atoms with Crippen LogP contribution in [0.15, 0.2) is 24.3 Å². The predicted molar refractivity (Wildman–Crippen MR) is 95.9 cm³/mol. The van der Waals surface area contributed by atoms with Gasteiger partial charge >= 0.3 is 5.97 Å². The van der Waals surface area contributed by atoms with Crippen LogP contribution < -0.4 is 11.1 Å². The first kappa shape index (κ1) is 20.2. The van der Waals surface area contributed by atoms with Gasteiger partial charge < -0.3 is 16.2 Å². The van der Waals surface area contributed by atoms with Crippen molar-refractivity contribution < 1.29 is 14.7 Å². The Labute approximate surface area is 144 Å². The van der Waals surface area contributed by atoms with Crippen LogP contribution in [0.3, 0.4) is 0 Å². The van der Waals surface area contributed by atoms with Gasteiger partial charge in [0.2, 0.25) is 5.91 Å². The van der Waals surface area contributed by atoms with Gasteiger partial charge in [0.05, 0.1) is 5.92 Å². The molecule has 2 atom stereocenters. The Kier molecular flexibility index (Phi) is 8.47. The standard InChI is InChI=1S/C19H30N2O3/c1-13(2)12-15-8-4-5-9-16(15)14(3)18(22)21-17(19(23)24)10-6-7-11-20/h4-5,8-9,13-14,17H,6-7,10-12,20H2,1-3H3,(H,21,22)(H,23,24)/t14-,17+/m0/s1. The smallest absolute Gasteiger partial charge is 0.326 e. The second kappa shape index (κ2) is 10.1. The van der Waals surface area contributed by atoms with E-state index in [1.807, 2.05) is 31.2 Å². The van der Waals surface area contributed by atoms with Gasteiger partial charge in [-0.05, 0) is 56.2 Å². The summed E-state index contributed by atoms with van der Waals surface area (Å²) in [6, 6.07) is 7.02. The summed E-state index contributed by atoms with van der Waals surface area (Å²) in [6.07, 6.45) is 2.74. The highest BCUT2D eigenvalue weighted by molar-refractivity contribution is 5.88. The van der Waals surface area contributed by atoms with Crippen LogP contribution in [0.5, 0.6) is 0 Å². The maximum atomic E-state index is 12.5. The van der Waals surface area contributed by atoms with Crippen LogP contribution in [0.4, 0.5) is 0 Å². The maximum Gasteiger partial charge on any atom is 0.326 e. The molecule has 0 heterocycles. The summed E-state index contributed by atoms with van der Waals surface area (Å²) in [5, 5.41) is 12.0. The average molecular weight is 334 g/mol. The summed E-state index contributed by atoms with van der Waals surface area (Å²) in [4.78, 5) is 23.9. The minimum Gasteiger partial charge on any atom is -0.480 e. The van der Waals surface area contributed by atoms with E-state index in [0.29, 0.717) is 25.3 Å². The SMILES string of the molecule is CC(C)Cc1ccccc1[C@H](C)C(=O)N[C@H](CCCCN)C(=O)O. The highest BCUT2D eigenvalue weighted by Gasteiger charge is 2.24. The quantitative estimate of drug-likeness (QED) is 0.574. The zero-order valence-electron chi connectivity index (χ0n) is 14.9. The van der Waals surface area contributed by atoms with Crippen molar-refractivity contribution in [3.05, 3.63) is 35.4 Å². The Bertz CT molecular complexity index is 543. The van der Waals surface area contributed by atoms with Crippen molar-refractivity contribution >= 4 is 11.9 Å². The molecule has 0 aliphatic heterocycles. The number of carboxylic acids is 1. The fourth-order valence-corrected chi connectivity index (χ4v) is 2.77. The van der Waals surface area contributed by atoms with E-state index < -0.39 is 12.0 Å². The summed E-state index contributed by atoms with van der Waals surface area (Å²) in [6.45, 7) is 6.63. The Morgan fingerprint density at radius 2 is 1.83 bits per heavy atom. The molecular weight excluding hydrogens is 304 g/mol. The largest absolute Gasteiger partial charge is 0.480 e. The van der Waals surface area contributed by atoms with Crippen molar-refractivity contribution in [3.63, 3.8) is 0 Å². The first-order valence-electron chi connectivity index (χ1n) is 8.67. The molecule has 0 unspecified atom stereocenters. The van der Waals surface area contributed by atoms with Gasteiger partial charge in [-0.15, -0.1) is 0 Å². The fraction of sp³-hybridized carbons (Fsp3) is 0.579. The molecule has 5 heteroatoms. The number of hydrogen-bond donors (Lipinski definition) is 3. The Balaban J connectivity index is 2.81. The number of nitrogens with two attached hydrogens (primary N) is 1. The zero-order valence-corrected chi connectivity index (χ0v) is 14.9. The topological polar surface area (TPSA) is 92.4 Å². The molecule has 1 rings (SSSR count). The molecule has 0 bridgehead atoms. The summed E-state index contributed by atoms with van der Waals surface area (Å²) in [5.74, 6) is -1.13. The molecule has 0 spiro atoms. The highest BCUT2D eigenvalue weighted by Crippen LogP contribution is 2.23. The fourth-order valence-electron chi connectivity index (χ4n) is 2.77. The first-order chi connectivity index (χ1) is 11.4. The molecule has 0 radical (unpaired) electrons. The molecule has 24 heavy (non-hydrogen) atoms. The number of rotatable bonds is 10. The summed E-state index contributed by atoms with van der Waals surface area (Å²) in [7, 11) is 0. The molecule has 0 fully saturated rings. The van der Waals surface area contributed by atoms with E-state index >= 15 is 0 Å². The minimum atomic E-state index is -0.997. The predicted octanol–water partition coefficient (Wildman–Crippen LogP) is 2.69. The number of carbonyl (C=O) groups is 2. The lowest BCUT2D eigenvalue weighted by molar-refractivity contribution is -0.142. The van der Waals surface area contributed by atoms with E-state index in [0.717, 1.165) is 24.0 Å². The molecule has 1 amide bonds. The molecular formula is C19H30N2O3. The van der Waals surface area contributed by atoms with E-state index in [-0.39, 0.29) is 11.8 Å². The Hall–Kier alpha value is -1.88. The van der Waals surface area contributed by atoms with Gasteiger partial charge in [0.1, 0.15) is 6.04 Å². The number of carboxylic acid groups (broad SMARTS) is 1. The van der Waals surface area contributed by atoms with E-state index in [2.05, 4.69) is 19.2 Å². The molecule has 4 N–H and O–H groups in total. The highest BCUT2D eigenvalue weighted by atomic mass is 16.4. The lowest BCUT2D eigenvalue weighted by Gasteiger charge is -2.20. The second-order valence-corrected chi connectivity index (χ2v) is 6.70. The normalized spacial score (nSPS) is 13.5. The maximum absolute atomic E-state index is 12.5. The monoisotopic (exact) mass is 334 g/mol. The van der Waals surface area contributed by atoms with Crippen LogP contribution in [-0.4, -0.2) is 29.6 Å². The van der Waals surface area contributed by atoms with Gasteiger partial charge in [-0.1, -0.05) is 38.1 Å². The lowest BCUT2D eigenvalue weighted by atomic mass is 9.90. The van der Waals surface area contributed by atoms with E-state index in [4.69, 9.17) is 5.73 Å². The summed E-state index contributed by atoms with van der Waals surface area (Å²) in [5.41, 5.74) is 7.55.